The van der Waals surface area contributed by atoms with Gasteiger partial charge in [0.1, 0.15) is 0 Å². The molecule has 0 saturated carbocycles. The van der Waals surface area contributed by atoms with E-state index in [1.54, 1.807) is 24.0 Å². The highest BCUT2D eigenvalue weighted by atomic mass is 32.2. The van der Waals surface area contributed by atoms with Crippen molar-refractivity contribution in [2.75, 3.05) is 7.05 Å². The molecule has 0 saturated heterocycles. The molecule has 5 nitrogen and oxygen atoms in total. The minimum atomic E-state index is -3.55. The molecule has 0 spiro atoms. The van der Waals surface area contributed by atoms with E-state index in [0.717, 1.165) is 22.4 Å². The summed E-state index contributed by atoms with van der Waals surface area (Å²) >= 11 is 0. The maximum absolute atomic E-state index is 12.9. The summed E-state index contributed by atoms with van der Waals surface area (Å²) in [5.41, 5.74) is 3.45. The van der Waals surface area contributed by atoms with Crippen molar-refractivity contribution >= 4 is 10.0 Å². The predicted octanol–water partition coefficient (Wildman–Crippen LogP) is 3.31. The van der Waals surface area contributed by atoms with Gasteiger partial charge < -0.3 is 0 Å². The quantitative estimate of drug-likeness (QED) is 0.705. The number of rotatable bonds is 5. The number of nitrogens with zero attached hydrogens (tertiary/aromatic N) is 3. The van der Waals surface area contributed by atoms with Crippen molar-refractivity contribution in [3.63, 3.8) is 0 Å². The Balaban J connectivity index is 1.83. The van der Waals surface area contributed by atoms with Crippen LogP contribution in [-0.4, -0.2) is 29.6 Å². The van der Waals surface area contributed by atoms with Gasteiger partial charge in [0, 0.05) is 25.4 Å². The highest BCUT2D eigenvalue weighted by molar-refractivity contribution is 7.89. The maximum Gasteiger partial charge on any atom is 0.243 e. The van der Waals surface area contributed by atoms with E-state index >= 15 is 0 Å². The van der Waals surface area contributed by atoms with Crippen LogP contribution in [0.25, 0.3) is 5.69 Å². The maximum atomic E-state index is 12.9. The number of sulfonamides is 1. The molecule has 1 aromatic heterocycles. The summed E-state index contributed by atoms with van der Waals surface area (Å²) in [7, 11) is -1.96. The van der Waals surface area contributed by atoms with Gasteiger partial charge in [-0.2, -0.15) is 9.40 Å². The first-order valence-electron chi connectivity index (χ1n) is 8.00. The van der Waals surface area contributed by atoms with E-state index in [0.29, 0.717) is 4.90 Å². The SMILES string of the molecule is Cc1ccc(C)c(S(=O)(=O)N(C)Cc2cnn(-c3ccccc3)c2)c1. The molecule has 0 radical (unpaired) electrons. The summed E-state index contributed by atoms with van der Waals surface area (Å²) in [5, 5.41) is 4.32. The molecule has 0 fully saturated rings. The molecule has 25 heavy (non-hydrogen) atoms. The minimum Gasteiger partial charge on any atom is -0.241 e. The van der Waals surface area contributed by atoms with Crippen LogP contribution in [0.3, 0.4) is 0 Å². The molecule has 130 valence electrons. The molecule has 0 unspecified atom stereocenters. The summed E-state index contributed by atoms with van der Waals surface area (Å²) in [4.78, 5) is 0.352. The van der Waals surface area contributed by atoms with E-state index in [9.17, 15) is 8.42 Å². The molecule has 0 atom stereocenters. The second-order valence-corrected chi connectivity index (χ2v) is 8.17. The Kier molecular flexibility index (Phi) is 4.74. The van der Waals surface area contributed by atoms with E-state index < -0.39 is 10.0 Å². The van der Waals surface area contributed by atoms with E-state index in [2.05, 4.69) is 5.10 Å². The molecular weight excluding hydrogens is 334 g/mol. The van der Waals surface area contributed by atoms with Crippen LogP contribution in [0, 0.1) is 13.8 Å². The van der Waals surface area contributed by atoms with Crippen molar-refractivity contribution in [2.24, 2.45) is 0 Å². The van der Waals surface area contributed by atoms with Crippen molar-refractivity contribution in [2.45, 2.75) is 25.3 Å². The summed E-state index contributed by atoms with van der Waals surface area (Å²) < 4.78 is 28.9. The molecule has 6 heteroatoms. The lowest BCUT2D eigenvalue weighted by Gasteiger charge is -2.18. The van der Waals surface area contributed by atoms with Crippen molar-refractivity contribution in [1.29, 1.82) is 0 Å². The van der Waals surface area contributed by atoms with Crippen molar-refractivity contribution in [3.8, 4) is 5.69 Å². The van der Waals surface area contributed by atoms with E-state index in [4.69, 9.17) is 0 Å². The summed E-state index contributed by atoms with van der Waals surface area (Å²) in [5.74, 6) is 0. The fourth-order valence-corrected chi connectivity index (χ4v) is 4.12. The fraction of sp³-hybridized carbons (Fsp3) is 0.211. The monoisotopic (exact) mass is 355 g/mol. The third-order valence-corrected chi connectivity index (χ3v) is 6.04. The lowest BCUT2D eigenvalue weighted by atomic mass is 10.2. The van der Waals surface area contributed by atoms with Gasteiger partial charge in [0.2, 0.25) is 10.0 Å². The first-order valence-corrected chi connectivity index (χ1v) is 9.44. The van der Waals surface area contributed by atoms with Gasteiger partial charge in [-0.25, -0.2) is 13.1 Å². The lowest BCUT2D eigenvalue weighted by molar-refractivity contribution is 0.466. The molecule has 0 amide bonds. The van der Waals surface area contributed by atoms with Gasteiger partial charge in [-0.15, -0.1) is 0 Å². The van der Waals surface area contributed by atoms with Crippen LogP contribution in [0.15, 0.2) is 65.8 Å². The largest absolute Gasteiger partial charge is 0.243 e. The average molecular weight is 355 g/mol. The Morgan fingerprint density at radius 2 is 1.80 bits per heavy atom. The average Bonchev–Trinajstić information content (AvgIpc) is 3.06. The predicted molar refractivity (Wildman–Crippen MR) is 98.1 cm³/mol. The molecule has 0 bridgehead atoms. The Morgan fingerprint density at radius 3 is 2.52 bits per heavy atom. The number of hydrogen-bond acceptors (Lipinski definition) is 3. The highest BCUT2D eigenvalue weighted by Crippen LogP contribution is 2.22. The summed E-state index contributed by atoms with van der Waals surface area (Å²) in [6, 6.07) is 15.2. The summed E-state index contributed by atoms with van der Waals surface area (Å²) in [6.07, 6.45) is 3.55. The Labute approximate surface area is 148 Å². The second kappa shape index (κ2) is 6.82. The van der Waals surface area contributed by atoms with E-state index in [-0.39, 0.29) is 6.54 Å². The third kappa shape index (κ3) is 3.65. The fourth-order valence-electron chi connectivity index (χ4n) is 2.66. The number of benzene rings is 2. The van der Waals surface area contributed by atoms with Crippen LogP contribution in [0.5, 0.6) is 0 Å². The Morgan fingerprint density at radius 1 is 1.08 bits per heavy atom. The Bertz CT molecular complexity index is 979. The molecule has 0 aliphatic heterocycles. The van der Waals surface area contributed by atoms with Gasteiger partial charge in [-0.3, -0.25) is 0 Å². The van der Waals surface area contributed by atoms with Gasteiger partial charge in [0.15, 0.2) is 0 Å². The standard InChI is InChI=1S/C19H21N3O2S/c1-15-9-10-16(2)19(11-15)25(23,24)21(3)13-17-12-20-22(14-17)18-7-5-4-6-8-18/h4-12,14H,13H2,1-3H3. The van der Waals surface area contributed by atoms with Crippen LogP contribution >= 0.6 is 0 Å². The van der Waals surface area contributed by atoms with Crippen LogP contribution < -0.4 is 0 Å². The third-order valence-electron chi connectivity index (χ3n) is 4.09. The zero-order valence-corrected chi connectivity index (χ0v) is 15.4. The smallest absolute Gasteiger partial charge is 0.241 e. The molecule has 0 N–H and O–H groups in total. The number of aromatic nitrogens is 2. The van der Waals surface area contributed by atoms with E-state index in [1.807, 2.05) is 62.5 Å². The molecular formula is C19H21N3O2S. The second-order valence-electron chi connectivity index (χ2n) is 6.16. The van der Waals surface area contributed by atoms with Crippen LogP contribution in [-0.2, 0) is 16.6 Å². The lowest BCUT2D eigenvalue weighted by Crippen LogP contribution is -2.27. The first-order chi connectivity index (χ1) is 11.9. The van der Waals surface area contributed by atoms with Crippen molar-refractivity contribution in [3.05, 3.63) is 77.6 Å². The molecule has 3 aromatic rings. The van der Waals surface area contributed by atoms with Gasteiger partial charge in [-0.1, -0.05) is 30.3 Å². The van der Waals surface area contributed by atoms with Crippen molar-refractivity contribution in [1.82, 2.24) is 14.1 Å². The molecule has 3 rings (SSSR count). The Hall–Kier alpha value is -2.44. The minimum absolute atomic E-state index is 0.266. The van der Waals surface area contributed by atoms with Gasteiger partial charge in [0.05, 0.1) is 16.8 Å². The molecule has 1 heterocycles. The van der Waals surface area contributed by atoms with Gasteiger partial charge in [0.25, 0.3) is 0 Å². The van der Waals surface area contributed by atoms with Crippen LogP contribution in [0.2, 0.25) is 0 Å². The molecule has 0 aliphatic carbocycles. The van der Waals surface area contributed by atoms with Crippen molar-refractivity contribution < 1.29 is 8.42 Å². The van der Waals surface area contributed by atoms with Crippen LogP contribution in [0.1, 0.15) is 16.7 Å². The van der Waals surface area contributed by atoms with Gasteiger partial charge >= 0.3 is 0 Å². The van der Waals surface area contributed by atoms with Gasteiger partial charge in [-0.05, 0) is 43.2 Å². The summed E-state index contributed by atoms with van der Waals surface area (Å²) in [6.45, 7) is 3.97. The topological polar surface area (TPSA) is 55.2 Å². The number of aryl methyl sites for hydroxylation is 2. The highest BCUT2D eigenvalue weighted by Gasteiger charge is 2.23. The molecule has 0 aliphatic rings. The zero-order valence-electron chi connectivity index (χ0n) is 14.5. The van der Waals surface area contributed by atoms with E-state index in [1.165, 1.54) is 4.31 Å². The normalized spacial score (nSPS) is 11.8. The number of para-hydroxylation sites is 1. The first kappa shape index (κ1) is 17.4. The zero-order chi connectivity index (χ0) is 18.0. The van der Waals surface area contributed by atoms with Crippen LogP contribution in [0.4, 0.5) is 0 Å². The molecule has 2 aromatic carbocycles. The number of hydrogen-bond donors (Lipinski definition) is 0.